The van der Waals surface area contributed by atoms with Gasteiger partial charge in [0, 0.05) is 18.7 Å². The molecule has 1 saturated heterocycles. The highest BCUT2D eigenvalue weighted by molar-refractivity contribution is 6.05. The quantitative estimate of drug-likeness (QED) is 0.655. The van der Waals surface area contributed by atoms with Gasteiger partial charge in [0.1, 0.15) is 5.82 Å². The Morgan fingerprint density at radius 1 is 1.30 bits per heavy atom. The summed E-state index contributed by atoms with van der Waals surface area (Å²) in [6.07, 6.45) is -1.18. The van der Waals surface area contributed by atoms with Crippen LogP contribution in [0.15, 0.2) is 34.9 Å². The zero-order valence-electron chi connectivity index (χ0n) is 16.1. The van der Waals surface area contributed by atoms with Gasteiger partial charge in [0.2, 0.25) is 0 Å². The number of fused-ring (bicyclic) bond motifs is 1. The third-order valence-electron chi connectivity index (χ3n) is 4.73. The summed E-state index contributed by atoms with van der Waals surface area (Å²) >= 11 is 0. The predicted molar refractivity (Wildman–Crippen MR) is 102 cm³/mol. The van der Waals surface area contributed by atoms with Gasteiger partial charge in [0.15, 0.2) is 6.10 Å². The Bertz CT molecular complexity index is 1160. The van der Waals surface area contributed by atoms with Gasteiger partial charge in [-0.15, -0.1) is 0 Å². The second kappa shape index (κ2) is 7.54. The van der Waals surface area contributed by atoms with E-state index < -0.39 is 29.8 Å². The minimum Gasteiger partial charge on any atom is -0.449 e. The number of carbonyl (C=O) groups excluding carboxylic acids is 3. The summed E-state index contributed by atoms with van der Waals surface area (Å²) in [5.74, 6) is -1.82. The second-order valence-corrected chi connectivity index (χ2v) is 6.78. The molecule has 1 N–H and O–H groups in total. The van der Waals surface area contributed by atoms with Crippen LogP contribution in [0.3, 0.4) is 0 Å². The summed E-state index contributed by atoms with van der Waals surface area (Å²) in [6, 6.07) is 6.52. The molecule has 1 aliphatic heterocycles. The van der Waals surface area contributed by atoms with Crippen LogP contribution in [-0.4, -0.2) is 52.1 Å². The molecular formula is C20H17FN4O5. The Morgan fingerprint density at radius 2 is 2.03 bits per heavy atom. The molecule has 3 aromatic rings. The number of imide groups is 1. The first-order valence-electron chi connectivity index (χ1n) is 9.18. The molecule has 1 fully saturated rings. The first-order valence-corrected chi connectivity index (χ1v) is 9.18. The predicted octanol–water partition coefficient (Wildman–Crippen LogP) is 2.43. The van der Waals surface area contributed by atoms with Crippen LogP contribution in [0.5, 0.6) is 0 Å². The van der Waals surface area contributed by atoms with Gasteiger partial charge in [0.05, 0.1) is 22.3 Å². The number of pyridine rings is 1. The van der Waals surface area contributed by atoms with Crippen LogP contribution in [0.25, 0.3) is 22.4 Å². The normalized spacial score (nSPS) is 14.6. The summed E-state index contributed by atoms with van der Waals surface area (Å²) in [5, 5.41) is 6.71. The molecule has 0 aliphatic carbocycles. The minimum atomic E-state index is -1.18. The van der Waals surface area contributed by atoms with Gasteiger partial charge >= 0.3 is 12.0 Å². The third kappa shape index (κ3) is 3.47. The molecule has 3 heterocycles. The fraction of sp³-hybridized carbons (Fsp3) is 0.250. The molecule has 0 bridgehead atoms. The van der Waals surface area contributed by atoms with E-state index in [9.17, 15) is 18.8 Å². The van der Waals surface area contributed by atoms with Crippen molar-refractivity contribution >= 4 is 29.0 Å². The van der Waals surface area contributed by atoms with Crippen molar-refractivity contribution in [3.8, 4) is 11.3 Å². The number of urea groups is 1. The maximum Gasteiger partial charge on any atom is 0.339 e. The van der Waals surface area contributed by atoms with Gasteiger partial charge in [-0.2, -0.15) is 0 Å². The standard InChI is InChI=1S/C20H17FN4O5/c1-10-16-14(19(27)29-11(2)18(26)25-8-7-22-20(25)28)9-15(23-17(16)30-24-10)12-3-5-13(21)6-4-12/h3-6,9,11H,7-8H2,1-2H3,(H,22,28). The molecule has 1 aliphatic rings. The lowest BCUT2D eigenvalue weighted by molar-refractivity contribution is -0.136. The summed E-state index contributed by atoms with van der Waals surface area (Å²) in [4.78, 5) is 42.4. The van der Waals surface area contributed by atoms with Crippen LogP contribution in [0.1, 0.15) is 23.0 Å². The van der Waals surface area contributed by atoms with Gasteiger partial charge in [-0.25, -0.2) is 19.0 Å². The van der Waals surface area contributed by atoms with Crippen molar-refractivity contribution in [1.29, 1.82) is 0 Å². The molecule has 1 atom stereocenters. The van der Waals surface area contributed by atoms with Crippen molar-refractivity contribution in [2.45, 2.75) is 20.0 Å². The van der Waals surface area contributed by atoms with Gasteiger partial charge in [-0.3, -0.25) is 9.69 Å². The Hall–Kier alpha value is -3.82. The Morgan fingerprint density at radius 3 is 2.70 bits per heavy atom. The number of ether oxygens (including phenoxy) is 1. The Balaban J connectivity index is 1.67. The molecular weight excluding hydrogens is 395 g/mol. The maximum atomic E-state index is 13.3. The topological polar surface area (TPSA) is 115 Å². The highest BCUT2D eigenvalue weighted by Gasteiger charge is 2.32. The second-order valence-electron chi connectivity index (χ2n) is 6.78. The van der Waals surface area contributed by atoms with Crippen LogP contribution in [0.2, 0.25) is 0 Å². The highest BCUT2D eigenvalue weighted by Crippen LogP contribution is 2.28. The molecule has 3 amide bonds. The number of halogens is 1. The molecule has 1 aromatic carbocycles. The van der Waals surface area contributed by atoms with Gasteiger partial charge < -0.3 is 14.6 Å². The molecule has 10 heteroatoms. The number of amides is 3. The maximum absolute atomic E-state index is 13.3. The number of esters is 1. The number of benzene rings is 1. The van der Waals surface area contributed by atoms with Gasteiger partial charge in [0.25, 0.3) is 11.6 Å². The summed E-state index contributed by atoms with van der Waals surface area (Å²) in [6.45, 7) is 3.59. The summed E-state index contributed by atoms with van der Waals surface area (Å²) in [7, 11) is 0. The smallest absolute Gasteiger partial charge is 0.339 e. The molecule has 0 spiro atoms. The van der Waals surface area contributed by atoms with Crippen LogP contribution < -0.4 is 5.32 Å². The zero-order chi connectivity index (χ0) is 21.4. The lowest BCUT2D eigenvalue weighted by atomic mass is 10.1. The van der Waals surface area contributed by atoms with Crippen molar-refractivity contribution in [2.75, 3.05) is 13.1 Å². The van der Waals surface area contributed by atoms with Crippen molar-refractivity contribution in [2.24, 2.45) is 0 Å². The zero-order valence-corrected chi connectivity index (χ0v) is 16.1. The largest absolute Gasteiger partial charge is 0.449 e. The molecule has 0 radical (unpaired) electrons. The van der Waals surface area contributed by atoms with E-state index in [0.717, 1.165) is 4.90 Å². The molecule has 1 unspecified atom stereocenters. The monoisotopic (exact) mass is 412 g/mol. The summed E-state index contributed by atoms with van der Waals surface area (Å²) in [5.41, 5.74) is 1.54. The van der Waals surface area contributed by atoms with E-state index in [4.69, 9.17) is 9.26 Å². The van der Waals surface area contributed by atoms with Crippen LogP contribution in [0.4, 0.5) is 9.18 Å². The molecule has 4 rings (SSSR count). The third-order valence-corrected chi connectivity index (χ3v) is 4.73. The van der Waals surface area contributed by atoms with Crippen LogP contribution in [0, 0.1) is 12.7 Å². The Kier molecular flexibility index (Phi) is 4.90. The molecule has 0 saturated carbocycles. The van der Waals surface area contributed by atoms with Crippen molar-refractivity contribution < 1.29 is 28.0 Å². The average molecular weight is 412 g/mol. The van der Waals surface area contributed by atoms with E-state index in [1.807, 2.05) is 0 Å². The molecule has 154 valence electrons. The number of aromatic nitrogens is 2. The number of hydrogen-bond donors (Lipinski definition) is 1. The first kappa shape index (κ1) is 19.5. The van der Waals surface area contributed by atoms with Crippen LogP contribution >= 0.6 is 0 Å². The molecule has 2 aromatic heterocycles. The van der Waals surface area contributed by atoms with Gasteiger partial charge in [-0.1, -0.05) is 5.16 Å². The number of nitrogens with zero attached hydrogens (tertiary/aromatic N) is 3. The van der Waals surface area contributed by atoms with E-state index >= 15 is 0 Å². The van der Waals surface area contributed by atoms with Crippen molar-refractivity contribution in [1.82, 2.24) is 20.4 Å². The van der Waals surface area contributed by atoms with Gasteiger partial charge in [-0.05, 0) is 44.2 Å². The molecule has 9 nitrogen and oxygen atoms in total. The van der Waals surface area contributed by atoms with Crippen LogP contribution in [-0.2, 0) is 9.53 Å². The average Bonchev–Trinajstić information content (AvgIpc) is 3.33. The van der Waals surface area contributed by atoms with E-state index in [0.29, 0.717) is 28.9 Å². The Labute approximate surface area is 169 Å². The van der Waals surface area contributed by atoms with Crippen molar-refractivity contribution in [3.63, 3.8) is 0 Å². The number of aryl methyl sites for hydroxylation is 1. The minimum absolute atomic E-state index is 0.101. The van der Waals surface area contributed by atoms with E-state index in [1.54, 1.807) is 6.92 Å². The number of hydrogen-bond acceptors (Lipinski definition) is 7. The fourth-order valence-electron chi connectivity index (χ4n) is 3.20. The highest BCUT2D eigenvalue weighted by atomic mass is 19.1. The number of nitrogens with one attached hydrogen (secondary N) is 1. The molecule has 30 heavy (non-hydrogen) atoms. The van der Waals surface area contributed by atoms with E-state index in [2.05, 4.69) is 15.5 Å². The lowest BCUT2D eigenvalue weighted by Gasteiger charge is -2.18. The number of carbonyl (C=O) groups is 3. The SMILES string of the molecule is Cc1noc2nc(-c3ccc(F)cc3)cc(C(=O)OC(C)C(=O)N3CCNC3=O)c12. The van der Waals surface area contributed by atoms with E-state index in [1.165, 1.54) is 37.3 Å². The van der Waals surface area contributed by atoms with E-state index in [-0.39, 0.29) is 17.8 Å². The van der Waals surface area contributed by atoms with Crippen molar-refractivity contribution in [3.05, 3.63) is 47.4 Å². The number of rotatable bonds is 4. The fourth-order valence-corrected chi connectivity index (χ4v) is 3.20. The first-order chi connectivity index (χ1) is 14.3. The summed E-state index contributed by atoms with van der Waals surface area (Å²) < 4.78 is 23.8. The lowest BCUT2D eigenvalue weighted by Crippen LogP contribution is -2.41.